The SMILES string of the molecule is CCCn1cc(-c2ccc(C#N)cc2C)cn1. The zero-order valence-corrected chi connectivity index (χ0v) is 10.1. The molecule has 2 aromatic rings. The van der Waals surface area contributed by atoms with E-state index in [1.165, 1.54) is 0 Å². The van der Waals surface area contributed by atoms with Crippen molar-refractivity contribution in [1.29, 1.82) is 5.26 Å². The zero-order chi connectivity index (χ0) is 12.3. The number of nitrogens with zero attached hydrogens (tertiary/aromatic N) is 3. The Balaban J connectivity index is 2.36. The lowest BCUT2D eigenvalue weighted by atomic mass is 10.0. The minimum Gasteiger partial charge on any atom is -0.272 e. The van der Waals surface area contributed by atoms with Crippen LogP contribution in [0.2, 0.25) is 0 Å². The van der Waals surface area contributed by atoms with Gasteiger partial charge in [0, 0.05) is 18.3 Å². The van der Waals surface area contributed by atoms with Crippen LogP contribution in [0.5, 0.6) is 0 Å². The molecule has 1 aromatic carbocycles. The molecule has 3 heteroatoms. The van der Waals surface area contributed by atoms with Crippen molar-refractivity contribution >= 4 is 0 Å². The topological polar surface area (TPSA) is 41.6 Å². The molecule has 2 rings (SSSR count). The Morgan fingerprint density at radius 2 is 2.24 bits per heavy atom. The first-order chi connectivity index (χ1) is 8.24. The largest absolute Gasteiger partial charge is 0.272 e. The molecule has 0 spiro atoms. The first-order valence-electron chi connectivity index (χ1n) is 5.78. The predicted octanol–water partition coefficient (Wildman–Crippen LogP) is 3.14. The van der Waals surface area contributed by atoms with Crippen LogP contribution in [0.1, 0.15) is 24.5 Å². The van der Waals surface area contributed by atoms with Crippen LogP contribution < -0.4 is 0 Å². The summed E-state index contributed by atoms with van der Waals surface area (Å²) in [6.45, 7) is 5.09. The lowest BCUT2D eigenvalue weighted by molar-refractivity contribution is 0.603. The summed E-state index contributed by atoms with van der Waals surface area (Å²) < 4.78 is 1.95. The standard InChI is InChI=1S/C14H15N3/c1-3-6-17-10-13(9-16-17)14-5-4-12(8-15)7-11(14)2/h4-5,7,9-10H,3,6H2,1-2H3. The fourth-order valence-electron chi connectivity index (χ4n) is 1.91. The van der Waals surface area contributed by atoms with E-state index < -0.39 is 0 Å². The van der Waals surface area contributed by atoms with E-state index in [0.717, 1.165) is 29.7 Å². The molecule has 1 aromatic heterocycles. The van der Waals surface area contributed by atoms with Crippen LogP contribution >= 0.6 is 0 Å². The monoisotopic (exact) mass is 225 g/mol. The highest BCUT2D eigenvalue weighted by atomic mass is 15.3. The van der Waals surface area contributed by atoms with Crippen molar-refractivity contribution in [3.63, 3.8) is 0 Å². The molecule has 0 saturated heterocycles. The molecule has 0 aliphatic heterocycles. The van der Waals surface area contributed by atoms with E-state index >= 15 is 0 Å². The van der Waals surface area contributed by atoms with Crippen LogP contribution in [0.15, 0.2) is 30.6 Å². The predicted molar refractivity (Wildman–Crippen MR) is 67.4 cm³/mol. The summed E-state index contributed by atoms with van der Waals surface area (Å²) in [5.41, 5.74) is 4.07. The summed E-state index contributed by atoms with van der Waals surface area (Å²) >= 11 is 0. The Kier molecular flexibility index (Phi) is 3.24. The van der Waals surface area contributed by atoms with Crippen molar-refractivity contribution in [3.05, 3.63) is 41.7 Å². The molecule has 0 saturated carbocycles. The third-order valence-electron chi connectivity index (χ3n) is 2.75. The number of aromatic nitrogens is 2. The van der Waals surface area contributed by atoms with Crippen LogP contribution in [0.3, 0.4) is 0 Å². The second-order valence-corrected chi connectivity index (χ2v) is 4.13. The smallest absolute Gasteiger partial charge is 0.0991 e. The van der Waals surface area contributed by atoms with Gasteiger partial charge in [-0.1, -0.05) is 13.0 Å². The summed E-state index contributed by atoms with van der Waals surface area (Å²) in [7, 11) is 0. The highest BCUT2D eigenvalue weighted by molar-refractivity contribution is 5.66. The van der Waals surface area contributed by atoms with Gasteiger partial charge in [0.15, 0.2) is 0 Å². The maximum Gasteiger partial charge on any atom is 0.0991 e. The molecule has 0 atom stereocenters. The fourth-order valence-corrected chi connectivity index (χ4v) is 1.91. The zero-order valence-electron chi connectivity index (χ0n) is 10.1. The number of hydrogen-bond donors (Lipinski definition) is 0. The van der Waals surface area contributed by atoms with Gasteiger partial charge < -0.3 is 0 Å². The molecule has 0 aliphatic carbocycles. The van der Waals surface area contributed by atoms with Gasteiger partial charge >= 0.3 is 0 Å². The summed E-state index contributed by atoms with van der Waals surface area (Å²) in [4.78, 5) is 0. The Morgan fingerprint density at radius 3 is 2.88 bits per heavy atom. The van der Waals surface area contributed by atoms with E-state index in [9.17, 15) is 0 Å². The highest BCUT2D eigenvalue weighted by Gasteiger charge is 2.05. The average Bonchev–Trinajstić information content (AvgIpc) is 2.78. The third kappa shape index (κ3) is 2.36. The molecular weight excluding hydrogens is 210 g/mol. The van der Waals surface area contributed by atoms with Gasteiger partial charge in [0.2, 0.25) is 0 Å². The van der Waals surface area contributed by atoms with Crippen LogP contribution in [0, 0.1) is 18.3 Å². The molecule has 0 radical (unpaired) electrons. The summed E-state index contributed by atoms with van der Waals surface area (Å²) in [6, 6.07) is 7.89. The molecule has 86 valence electrons. The molecule has 17 heavy (non-hydrogen) atoms. The summed E-state index contributed by atoms with van der Waals surface area (Å²) in [5, 5.41) is 13.1. The normalized spacial score (nSPS) is 10.2. The van der Waals surface area contributed by atoms with Gasteiger partial charge in [-0.05, 0) is 36.6 Å². The van der Waals surface area contributed by atoms with Crippen LogP contribution in [0.4, 0.5) is 0 Å². The van der Waals surface area contributed by atoms with Crippen molar-refractivity contribution in [2.45, 2.75) is 26.8 Å². The molecule has 0 aliphatic rings. The lowest BCUT2D eigenvalue weighted by Crippen LogP contribution is -1.95. The molecule has 0 bridgehead atoms. The summed E-state index contributed by atoms with van der Waals surface area (Å²) in [5.74, 6) is 0. The molecule has 0 N–H and O–H groups in total. The molecule has 0 fully saturated rings. The van der Waals surface area contributed by atoms with Crippen molar-refractivity contribution < 1.29 is 0 Å². The van der Waals surface area contributed by atoms with E-state index in [4.69, 9.17) is 5.26 Å². The second-order valence-electron chi connectivity index (χ2n) is 4.13. The maximum absolute atomic E-state index is 8.83. The highest BCUT2D eigenvalue weighted by Crippen LogP contribution is 2.23. The number of hydrogen-bond acceptors (Lipinski definition) is 2. The van der Waals surface area contributed by atoms with E-state index in [0.29, 0.717) is 5.56 Å². The van der Waals surface area contributed by atoms with Gasteiger partial charge in [-0.15, -0.1) is 0 Å². The molecule has 1 heterocycles. The third-order valence-corrected chi connectivity index (χ3v) is 2.75. The van der Waals surface area contributed by atoms with Crippen LogP contribution in [-0.2, 0) is 6.54 Å². The average molecular weight is 225 g/mol. The van der Waals surface area contributed by atoms with Crippen molar-refractivity contribution in [3.8, 4) is 17.2 Å². The number of benzene rings is 1. The Hall–Kier alpha value is -2.08. The van der Waals surface area contributed by atoms with Crippen molar-refractivity contribution in [2.75, 3.05) is 0 Å². The van der Waals surface area contributed by atoms with Gasteiger partial charge in [0.05, 0.1) is 17.8 Å². The van der Waals surface area contributed by atoms with Gasteiger partial charge in [0.25, 0.3) is 0 Å². The van der Waals surface area contributed by atoms with Gasteiger partial charge in [-0.25, -0.2) is 0 Å². The quantitative estimate of drug-likeness (QED) is 0.805. The first kappa shape index (κ1) is 11.4. The number of rotatable bonds is 3. The minimum atomic E-state index is 0.701. The van der Waals surface area contributed by atoms with E-state index in [1.807, 2.05) is 36.0 Å². The van der Waals surface area contributed by atoms with E-state index in [2.05, 4.69) is 24.3 Å². The Morgan fingerprint density at radius 1 is 1.41 bits per heavy atom. The molecule has 0 amide bonds. The lowest BCUT2D eigenvalue weighted by Gasteiger charge is -2.03. The van der Waals surface area contributed by atoms with Crippen molar-refractivity contribution in [1.82, 2.24) is 9.78 Å². The minimum absolute atomic E-state index is 0.701. The Bertz CT molecular complexity index is 561. The van der Waals surface area contributed by atoms with Gasteiger partial charge in [0.1, 0.15) is 0 Å². The van der Waals surface area contributed by atoms with E-state index in [1.54, 1.807) is 0 Å². The van der Waals surface area contributed by atoms with Crippen LogP contribution in [0.25, 0.3) is 11.1 Å². The van der Waals surface area contributed by atoms with Crippen molar-refractivity contribution in [2.24, 2.45) is 0 Å². The molecule has 0 unspecified atom stereocenters. The first-order valence-corrected chi connectivity index (χ1v) is 5.78. The molecule has 3 nitrogen and oxygen atoms in total. The Labute approximate surface area is 101 Å². The number of nitriles is 1. The van der Waals surface area contributed by atoms with Gasteiger partial charge in [-0.3, -0.25) is 4.68 Å². The van der Waals surface area contributed by atoms with Gasteiger partial charge in [-0.2, -0.15) is 10.4 Å². The number of aryl methyl sites for hydroxylation is 2. The summed E-state index contributed by atoms with van der Waals surface area (Å²) in [6.07, 6.45) is 5.01. The maximum atomic E-state index is 8.83. The fraction of sp³-hybridized carbons (Fsp3) is 0.286. The van der Waals surface area contributed by atoms with Crippen LogP contribution in [-0.4, -0.2) is 9.78 Å². The van der Waals surface area contributed by atoms with E-state index in [-0.39, 0.29) is 0 Å². The second kappa shape index (κ2) is 4.84. The molecular formula is C14H15N3.